The van der Waals surface area contributed by atoms with E-state index in [2.05, 4.69) is 27.0 Å². The summed E-state index contributed by atoms with van der Waals surface area (Å²) in [5.41, 5.74) is 3.77. The maximum Gasteiger partial charge on any atom is 0.137 e. The Hall–Kier alpha value is -1.39. The standard InChI is InChI=1S/C21H29N3O/c1-2-9-18-15(6-1)7-4-12-24(18)14-17-16-8-3-11-22-21(16)23-20(17)19-10-5-13-25-19/h3,8,11,15,18-19H,1-2,4-7,9-10,12-14H2,(H,22,23)/t15-,18+,19+/m0/s1. The van der Waals surface area contributed by atoms with Crippen LogP contribution in [-0.2, 0) is 11.3 Å². The van der Waals surface area contributed by atoms with E-state index < -0.39 is 0 Å². The molecule has 2 aliphatic heterocycles. The molecule has 3 atom stereocenters. The van der Waals surface area contributed by atoms with E-state index >= 15 is 0 Å². The van der Waals surface area contributed by atoms with Crippen LogP contribution in [0.5, 0.6) is 0 Å². The summed E-state index contributed by atoms with van der Waals surface area (Å²) in [6, 6.07) is 5.09. The highest BCUT2D eigenvalue weighted by atomic mass is 16.5. The van der Waals surface area contributed by atoms with Gasteiger partial charge in [0, 0.05) is 30.8 Å². The lowest BCUT2D eigenvalue weighted by Crippen LogP contribution is -2.46. The van der Waals surface area contributed by atoms with Crippen molar-refractivity contribution in [2.24, 2.45) is 5.92 Å². The third-order valence-corrected chi connectivity index (χ3v) is 6.68. The van der Waals surface area contributed by atoms with Gasteiger partial charge < -0.3 is 9.72 Å². The fourth-order valence-corrected chi connectivity index (χ4v) is 5.47. The molecule has 5 rings (SSSR count). The number of aromatic nitrogens is 2. The van der Waals surface area contributed by atoms with E-state index in [9.17, 15) is 0 Å². The Balaban J connectivity index is 1.49. The fourth-order valence-electron chi connectivity index (χ4n) is 5.47. The van der Waals surface area contributed by atoms with Crippen molar-refractivity contribution in [3.63, 3.8) is 0 Å². The quantitative estimate of drug-likeness (QED) is 0.890. The predicted octanol–water partition coefficient (Wildman–Crippen LogP) is 4.57. The lowest BCUT2D eigenvalue weighted by atomic mass is 9.78. The van der Waals surface area contributed by atoms with Gasteiger partial charge in [-0.05, 0) is 68.7 Å². The number of H-pyrrole nitrogens is 1. The summed E-state index contributed by atoms with van der Waals surface area (Å²) in [6.07, 6.45) is 12.9. The van der Waals surface area contributed by atoms with Crippen molar-refractivity contribution in [3.05, 3.63) is 29.6 Å². The molecule has 0 amide bonds. The third kappa shape index (κ3) is 2.89. The number of likely N-dealkylation sites (tertiary alicyclic amines) is 1. The number of fused-ring (bicyclic) bond motifs is 2. The molecule has 0 aromatic carbocycles. The number of piperidine rings is 1. The minimum absolute atomic E-state index is 0.233. The summed E-state index contributed by atoms with van der Waals surface area (Å²) in [5.74, 6) is 0.928. The van der Waals surface area contributed by atoms with Gasteiger partial charge in [-0.3, -0.25) is 4.90 Å². The van der Waals surface area contributed by atoms with Crippen molar-refractivity contribution in [2.45, 2.75) is 70.1 Å². The Kier molecular flexibility index (Phi) is 4.26. The molecule has 1 aliphatic carbocycles. The van der Waals surface area contributed by atoms with Gasteiger partial charge in [0.1, 0.15) is 5.65 Å². The van der Waals surface area contributed by atoms with Crippen LogP contribution in [0.15, 0.2) is 18.3 Å². The molecule has 4 heterocycles. The molecule has 3 fully saturated rings. The highest BCUT2D eigenvalue weighted by Gasteiger charge is 2.34. The van der Waals surface area contributed by atoms with Crippen molar-refractivity contribution in [2.75, 3.05) is 13.2 Å². The van der Waals surface area contributed by atoms with Crippen LogP contribution in [-0.4, -0.2) is 34.1 Å². The second-order valence-electron chi connectivity index (χ2n) is 8.14. The number of aromatic amines is 1. The van der Waals surface area contributed by atoms with E-state index in [1.165, 1.54) is 68.1 Å². The van der Waals surface area contributed by atoms with Crippen molar-refractivity contribution in [1.82, 2.24) is 14.9 Å². The molecule has 1 saturated carbocycles. The Morgan fingerprint density at radius 2 is 2.04 bits per heavy atom. The first-order valence-corrected chi connectivity index (χ1v) is 10.2. The Bertz CT molecular complexity index is 732. The largest absolute Gasteiger partial charge is 0.372 e. The van der Waals surface area contributed by atoms with Gasteiger partial charge in [-0.25, -0.2) is 4.98 Å². The average molecular weight is 339 g/mol. The first-order chi connectivity index (χ1) is 12.4. The zero-order chi connectivity index (χ0) is 16.6. The maximum absolute atomic E-state index is 6.03. The fraction of sp³-hybridized carbons (Fsp3) is 0.667. The molecule has 134 valence electrons. The van der Waals surface area contributed by atoms with Gasteiger partial charge in [-0.1, -0.05) is 12.8 Å². The van der Waals surface area contributed by atoms with Crippen LogP contribution >= 0.6 is 0 Å². The number of hydrogen-bond donors (Lipinski definition) is 1. The minimum atomic E-state index is 0.233. The Labute approximate surface area is 150 Å². The number of nitrogens with zero attached hydrogens (tertiary/aromatic N) is 2. The molecule has 2 aromatic heterocycles. The number of pyridine rings is 1. The van der Waals surface area contributed by atoms with Crippen molar-refractivity contribution >= 4 is 11.0 Å². The number of rotatable bonds is 3. The lowest BCUT2D eigenvalue weighted by Gasteiger charge is -2.44. The molecule has 0 radical (unpaired) electrons. The van der Waals surface area contributed by atoms with Gasteiger partial charge in [0.2, 0.25) is 0 Å². The van der Waals surface area contributed by atoms with E-state index in [0.29, 0.717) is 0 Å². The maximum atomic E-state index is 6.03. The van der Waals surface area contributed by atoms with Gasteiger partial charge in [0.25, 0.3) is 0 Å². The smallest absolute Gasteiger partial charge is 0.137 e. The van der Waals surface area contributed by atoms with Gasteiger partial charge in [0.05, 0.1) is 11.8 Å². The van der Waals surface area contributed by atoms with Crippen LogP contribution in [0.2, 0.25) is 0 Å². The Morgan fingerprint density at radius 1 is 1.12 bits per heavy atom. The van der Waals surface area contributed by atoms with Crippen LogP contribution in [0.1, 0.15) is 68.7 Å². The van der Waals surface area contributed by atoms with Crippen LogP contribution < -0.4 is 0 Å². The summed E-state index contributed by atoms with van der Waals surface area (Å²) in [4.78, 5) is 11.0. The topological polar surface area (TPSA) is 41.1 Å². The van der Waals surface area contributed by atoms with Crippen molar-refractivity contribution in [1.29, 1.82) is 0 Å². The van der Waals surface area contributed by atoms with E-state index in [1.807, 2.05) is 6.20 Å². The molecule has 4 heteroatoms. The number of hydrogen-bond acceptors (Lipinski definition) is 3. The summed E-state index contributed by atoms with van der Waals surface area (Å²) < 4.78 is 6.03. The minimum Gasteiger partial charge on any atom is -0.372 e. The zero-order valence-corrected chi connectivity index (χ0v) is 15.0. The molecule has 0 unspecified atom stereocenters. The molecule has 4 nitrogen and oxygen atoms in total. The van der Waals surface area contributed by atoms with Gasteiger partial charge in [-0.15, -0.1) is 0 Å². The van der Waals surface area contributed by atoms with E-state index in [-0.39, 0.29) is 6.10 Å². The molecule has 0 bridgehead atoms. The SMILES string of the molecule is c1cnc2[nH]c([C@H]3CCCO3)c(CN3CCC[C@@H]4CCCC[C@H]43)c2c1. The molecule has 25 heavy (non-hydrogen) atoms. The summed E-state index contributed by atoms with van der Waals surface area (Å²) in [7, 11) is 0. The van der Waals surface area contributed by atoms with Gasteiger partial charge in [-0.2, -0.15) is 0 Å². The van der Waals surface area contributed by atoms with Crippen LogP contribution in [0.3, 0.4) is 0 Å². The zero-order valence-electron chi connectivity index (χ0n) is 15.0. The molecule has 3 aliphatic rings. The summed E-state index contributed by atoms with van der Waals surface area (Å²) in [5, 5.41) is 1.30. The number of nitrogens with one attached hydrogen (secondary N) is 1. The van der Waals surface area contributed by atoms with Crippen molar-refractivity contribution < 1.29 is 4.74 Å². The third-order valence-electron chi connectivity index (χ3n) is 6.68. The highest BCUT2D eigenvalue weighted by molar-refractivity contribution is 5.81. The monoisotopic (exact) mass is 339 g/mol. The molecule has 2 aromatic rings. The molecular weight excluding hydrogens is 310 g/mol. The van der Waals surface area contributed by atoms with Crippen molar-refractivity contribution in [3.8, 4) is 0 Å². The van der Waals surface area contributed by atoms with Crippen LogP contribution in [0.4, 0.5) is 0 Å². The first kappa shape index (κ1) is 15.8. The number of ether oxygens (including phenoxy) is 1. The summed E-state index contributed by atoms with van der Waals surface area (Å²) >= 11 is 0. The first-order valence-electron chi connectivity index (χ1n) is 10.2. The normalized spacial score (nSPS) is 30.6. The van der Waals surface area contributed by atoms with E-state index in [0.717, 1.165) is 37.2 Å². The van der Waals surface area contributed by atoms with Crippen LogP contribution in [0.25, 0.3) is 11.0 Å². The second-order valence-corrected chi connectivity index (χ2v) is 8.14. The Morgan fingerprint density at radius 3 is 2.96 bits per heavy atom. The average Bonchev–Trinajstić information content (AvgIpc) is 3.30. The highest BCUT2D eigenvalue weighted by Crippen LogP contribution is 2.39. The van der Waals surface area contributed by atoms with E-state index in [1.54, 1.807) is 0 Å². The van der Waals surface area contributed by atoms with E-state index in [4.69, 9.17) is 4.74 Å². The van der Waals surface area contributed by atoms with Gasteiger partial charge in [0.15, 0.2) is 0 Å². The second kappa shape index (κ2) is 6.73. The van der Waals surface area contributed by atoms with Crippen LogP contribution in [0, 0.1) is 5.92 Å². The lowest BCUT2D eigenvalue weighted by molar-refractivity contribution is 0.0533. The summed E-state index contributed by atoms with van der Waals surface area (Å²) in [6.45, 7) is 3.20. The molecule has 2 saturated heterocycles. The predicted molar refractivity (Wildman–Crippen MR) is 99.4 cm³/mol. The molecular formula is C21H29N3O. The molecule has 1 N–H and O–H groups in total. The molecule has 0 spiro atoms. The van der Waals surface area contributed by atoms with Gasteiger partial charge >= 0.3 is 0 Å².